The highest BCUT2D eigenvalue weighted by molar-refractivity contribution is 5.82. The van der Waals surface area contributed by atoms with E-state index >= 15 is 0 Å². The van der Waals surface area contributed by atoms with Crippen LogP contribution >= 0.6 is 0 Å². The van der Waals surface area contributed by atoms with Crippen molar-refractivity contribution in [2.24, 2.45) is 17.3 Å². The molecule has 0 radical (unpaired) electrons. The van der Waals surface area contributed by atoms with Crippen LogP contribution in [0.2, 0.25) is 0 Å². The van der Waals surface area contributed by atoms with Gasteiger partial charge in [-0.2, -0.15) is 0 Å². The Morgan fingerprint density at radius 2 is 2.21 bits per heavy atom. The van der Waals surface area contributed by atoms with Gasteiger partial charge in [-0.15, -0.1) is 0 Å². The smallest absolute Gasteiger partial charge is 0.312 e. The summed E-state index contributed by atoms with van der Waals surface area (Å²) in [4.78, 5) is 23.1. The molecule has 2 aliphatic rings. The maximum atomic E-state index is 12.0. The summed E-state index contributed by atoms with van der Waals surface area (Å²) in [6, 6.07) is 0. The van der Waals surface area contributed by atoms with E-state index in [9.17, 15) is 9.59 Å². The molecule has 0 N–H and O–H groups in total. The zero-order valence-electron chi connectivity index (χ0n) is 11.9. The molecule has 0 bridgehead atoms. The molecule has 0 aromatic rings. The van der Waals surface area contributed by atoms with E-state index in [1.807, 2.05) is 13.0 Å². The highest BCUT2D eigenvalue weighted by Crippen LogP contribution is 2.62. The van der Waals surface area contributed by atoms with Crippen LogP contribution in [0, 0.1) is 17.3 Å². The van der Waals surface area contributed by atoms with E-state index in [1.54, 1.807) is 0 Å². The first kappa shape index (κ1) is 14.0. The first-order chi connectivity index (χ1) is 9.03. The topological polar surface area (TPSA) is 43.4 Å². The maximum Gasteiger partial charge on any atom is 0.312 e. The minimum absolute atomic E-state index is 0.148. The highest BCUT2D eigenvalue weighted by atomic mass is 16.5. The Labute approximate surface area is 114 Å². The number of hydrogen-bond donors (Lipinski definition) is 0. The van der Waals surface area contributed by atoms with Gasteiger partial charge in [0.2, 0.25) is 0 Å². The second-order valence-corrected chi connectivity index (χ2v) is 5.89. The van der Waals surface area contributed by atoms with Crippen molar-refractivity contribution in [3.63, 3.8) is 0 Å². The third kappa shape index (κ3) is 2.51. The minimum Gasteiger partial charge on any atom is -0.469 e. The molecule has 19 heavy (non-hydrogen) atoms. The summed E-state index contributed by atoms with van der Waals surface area (Å²) in [7, 11) is 1.44. The molecule has 3 nitrogen and oxygen atoms in total. The Morgan fingerprint density at radius 1 is 1.47 bits per heavy atom. The van der Waals surface area contributed by atoms with Crippen LogP contribution in [0.3, 0.4) is 0 Å². The average Bonchev–Trinajstić information content (AvgIpc) is 2.99. The number of fused-ring (bicyclic) bond motifs is 1. The molecule has 3 heteroatoms. The quantitative estimate of drug-likeness (QED) is 0.436. The normalized spacial score (nSPS) is 39.9. The fourth-order valence-corrected chi connectivity index (χ4v) is 3.30. The number of carbonyl (C=O) groups excluding carboxylic acids is 2. The molecule has 2 aliphatic carbocycles. The monoisotopic (exact) mass is 262 g/mol. The molecule has 0 saturated heterocycles. The predicted molar refractivity (Wildman–Crippen MR) is 73.5 cm³/mol. The molecule has 0 aromatic heterocycles. The Kier molecular flexibility index (Phi) is 3.93. The number of allylic oxidation sites excluding steroid dienone is 4. The summed E-state index contributed by atoms with van der Waals surface area (Å²) in [5.74, 6) is 0.312. The lowest BCUT2D eigenvalue weighted by Crippen LogP contribution is -2.17. The summed E-state index contributed by atoms with van der Waals surface area (Å²) in [5.41, 5.74) is 1.73. The van der Waals surface area contributed by atoms with E-state index in [-0.39, 0.29) is 11.9 Å². The van der Waals surface area contributed by atoms with E-state index in [0.29, 0.717) is 5.92 Å². The first-order valence-electron chi connectivity index (χ1n) is 6.94. The Balaban J connectivity index is 2.26. The third-order valence-corrected chi connectivity index (χ3v) is 4.73. The van der Waals surface area contributed by atoms with E-state index in [4.69, 9.17) is 4.74 Å². The molecule has 1 fully saturated rings. The molecular weight excluding hydrogens is 240 g/mol. The number of esters is 1. The first-order valence-corrected chi connectivity index (χ1v) is 6.94. The van der Waals surface area contributed by atoms with Crippen LogP contribution in [0.5, 0.6) is 0 Å². The molecule has 0 spiro atoms. The Hall–Kier alpha value is -1.38. The summed E-state index contributed by atoms with van der Waals surface area (Å²) < 4.78 is 4.94. The lowest BCUT2D eigenvalue weighted by atomic mass is 10.0. The molecule has 104 valence electrons. The number of carbonyl (C=O) groups is 2. The van der Waals surface area contributed by atoms with Gasteiger partial charge in [0.1, 0.15) is 6.29 Å². The van der Waals surface area contributed by atoms with Gasteiger partial charge < -0.3 is 4.74 Å². The minimum atomic E-state index is -0.437. The van der Waals surface area contributed by atoms with Gasteiger partial charge >= 0.3 is 5.97 Å². The lowest BCUT2D eigenvalue weighted by molar-refractivity contribution is -0.147. The van der Waals surface area contributed by atoms with Crippen molar-refractivity contribution < 1.29 is 14.3 Å². The van der Waals surface area contributed by atoms with Crippen LogP contribution in [0.15, 0.2) is 23.3 Å². The van der Waals surface area contributed by atoms with Crippen molar-refractivity contribution >= 4 is 12.3 Å². The highest BCUT2D eigenvalue weighted by Gasteiger charge is 2.65. The summed E-state index contributed by atoms with van der Waals surface area (Å²) >= 11 is 0. The van der Waals surface area contributed by atoms with Crippen LogP contribution in [0.4, 0.5) is 0 Å². The maximum absolute atomic E-state index is 12.0. The third-order valence-electron chi connectivity index (χ3n) is 4.73. The molecule has 0 amide bonds. The summed E-state index contributed by atoms with van der Waals surface area (Å²) in [6.07, 6.45) is 8.82. The second-order valence-electron chi connectivity index (χ2n) is 5.89. The van der Waals surface area contributed by atoms with Gasteiger partial charge in [0.25, 0.3) is 0 Å². The number of rotatable bonds is 2. The van der Waals surface area contributed by atoms with Crippen LogP contribution in [-0.4, -0.2) is 19.4 Å². The van der Waals surface area contributed by atoms with E-state index in [2.05, 4.69) is 13.0 Å². The van der Waals surface area contributed by atoms with Gasteiger partial charge in [-0.3, -0.25) is 9.59 Å². The fourth-order valence-electron chi connectivity index (χ4n) is 3.30. The van der Waals surface area contributed by atoms with Gasteiger partial charge in [-0.25, -0.2) is 0 Å². The molecule has 2 rings (SSSR count). The van der Waals surface area contributed by atoms with Crippen molar-refractivity contribution in [1.82, 2.24) is 0 Å². The Bertz CT molecular complexity index is 447. The molecule has 1 saturated carbocycles. The molecule has 0 aliphatic heterocycles. The van der Waals surface area contributed by atoms with E-state index in [0.717, 1.165) is 37.5 Å². The molecule has 0 aromatic carbocycles. The standard InChI is InChI=1S/C16H22O3/c1-11-5-4-6-12(10-17)9-14-13(8-7-11)16(14,2)15(18)19-3/h5,9-10,13-14H,4,6-8H2,1-3H3/b11-5-,12-9+. The van der Waals surface area contributed by atoms with Crippen molar-refractivity contribution in [1.29, 1.82) is 0 Å². The molecule has 3 unspecified atom stereocenters. The lowest BCUT2D eigenvalue weighted by Gasteiger charge is -2.08. The van der Waals surface area contributed by atoms with Gasteiger partial charge in [0, 0.05) is 0 Å². The predicted octanol–water partition coefficient (Wildman–Crippen LogP) is 3.06. The fraction of sp³-hybridized carbons (Fsp3) is 0.625. The summed E-state index contributed by atoms with van der Waals surface area (Å²) in [6.45, 7) is 4.09. The average molecular weight is 262 g/mol. The zero-order chi connectivity index (χ0) is 14.0. The van der Waals surface area contributed by atoms with Crippen LogP contribution in [0.25, 0.3) is 0 Å². The number of aldehydes is 1. The van der Waals surface area contributed by atoms with Crippen LogP contribution in [0.1, 0.15) is 39.5 Å². The van der Waals surface area contributed by atoms with Crippen LogP contribution < -0.4 is 0 Å². The largest absolute Gasteiger partial charge is 0.469 e. The zero-order valence-corrected chi connectivity index (χ0v) is 11.9. The van der Waals surface area contributed by atoms with Crippen molar-refractivity contribution in [3.05, 3.63) is 23.3 Å². The molecule has 0 heterocycles. The number of hydrogen-bond acceptors (Lipinski definition) is 3. The van der Waals surface area contributed by atoms with Crippen molar-refractivity contribution in [3.8, 4) is 0 Å². The number of ether oxygens (including phenoxy) is 1. The van der Waals surface area contributed by atoms with Gasteiger partial charge in [0.15, 0.2) is 0 Å². The van der Waals surface area contributed by atoms with Gasteiger partial charge in [-0.1, -0.05) is 17.7 Å². The van der Waals surface area contributed by atoms with Gasteiger partial charge in [0.05, 0.1) is 12.5 Å². The Morgan fingerprint density at radius 3 is 2.84 bits per heavy atom. The van der Waals surface area contributed by atoms with Crippen molar-refractivity contribution in [2.75, 3.05) is 7.11 Å². The van der Waals surface area contributed by atoms with E-state index < -0.39 is 5.41 Å². The van der Waals surface area contributed by atoms with Crippen LogP contribution in [-0.2, 0) is 14.3 Å². The molecule has 3 atom stereocenters. The second kappa shape index (κ2) is 5.32. The summed E-state index contributed by atoms with van der Waals surface area (Å²) in [5, 5.41) is 0. The van der Waals surface area contributed by atoms with Crippen molar-refractivity contribution in [2.45, 2.75) is 39.5 Å². The number of methoxy groups -OCH3 is 1. The van der Waals surface area contributed by atoms with Gasteiger partial charge in [-0.05, 0) is 56.9 Å². The van der Waals surface area contributed by atoms with E-state index in [1.165, 1.54) is 12.7 Å². The molecular formula is C16H22O3. The SMILES string of the molecule is COC(=O)C1(C)C2/C=C(/C=O)CC/C=C(/C)CCC21.